The second-order valence-corrected chi connectivity index (χ2v) is 9.78. The van der Waals surface area contributed by atoms with Crippen molar-refractivity contribution in [3.8, 4) is 0 Å². The molecule has 0 amide bonds. The van der Waals surface area contributed by atoms with Crippen LogP contribution in [0.3, 0.4) is 0 Å². The monoisotopic (exact) mass is 544 g/mol. The number of ether oxygens (including phenoxy) is 1. The maximum absolute atomic E-state index is 5.60. The lowest BCUT2D eigenvalue weighted by Gasteiger charge is -2.43. The van der Waals surface area contributed by atoms with Crippen molar-refractivity contribution in [1.29, 1.82) is 0 Å². The van der Waals surface area contributed by atoms with Crippen molar-refractivity contribution in [1.82, 2.24) is 15.5 Å². The Bertz CT molecular complexity index is 671. The number of rotatable bonds is 7. The Morgan fingerprint density at radius 1 is 1.13 bits per heavy atom. The van der Waals surface area contributed by atoms with E-state index in [1.54, 1.807) is 0 Å². The average Bonchev–Trinajstić information content (AvgIpc) is 3.23. The van der Waals surface area contributed by atoms with E-state index in [9.17, 15) is 0 Å². The summed E-state index contributed by atoms with van der Waals surface area (Å²) < 4.78 is 5.60. The summed E-state index contributed by atoms with van der Waals surface area (Å²) in [6.07, 6.45) is 5.08. The predicted molar refractivity (Wildman–Crippen MR) is 138 cm³/mol. The molecule has 1 aromatic carbocycles. The van der Waals surface area contributed by atoms with Gasteiger partial charge in [0.1, 0.15) is 0 Å². The van der Waals surface area contributed by atoms with Gasteiger partial charge in [-0.25, -0.2) is 0 Å². The van der Waals surface area contributed by atoms with Crippen LogP contribution in [0.25, 0.3) is 0 Å². The molecule has 3 fully saturated rings. The van der Waals surface area contributed by atoms with Crippen molar-refractivity contribution in [2.75, 3.05) is 57.4 Å². The van der Waals surface area contributed by atoms with Gasteiger partial charge in [-0.15, -0.1) is 24.0 Å². The van der Waals surface area contributed by atoms with Crippen molar-refractivity contribution in [3.05, 3.63) is 35.9 Å². The van der Waals surface area contributed by atoms with E-state index in [1.807, 2.05) is 0 Å². The first kappa shape index (κ1) is 24.1. The van der Waals surface area contributed by atoms with Gasteiger partial charge in [-0.3, -0.25) is 9.89 Å². The topological polar surface area (TPSA) is 48.9 Å². The third-order valence-electron chi connectivity index (χ3n) is 6.93. The summed E-state index contributed by atoms with van der Waals surface area (Å²) >= 11 is 2.07. The van der Waals surface area contributed by atoms with Crippen molar-refractivity contribution in [2.24, 2.45) is 4.99 Å². The number of hydrogen-bond acceptors (Lipinski definition) is 4. The zero-order valence-corrected chi connectivity index (χ0v) is 21.3. The SMILES string of the molecule is CCNC(=NCC1(N2CCOCC2)CCSC1)NCC1(c2ccccc2)CCC1.I. The Morgan fingerprint density at radius 2 is 1.90 bits per heavy atom. The highest BCUT2D eigenvalue weighted by atomic mass is 127. The fourth-order valence-corrected chi connectivity index (χ4v) is 6.36. The average molecular weight is 545 g/mol. The number of halogens is 1. The number of thioether (sulfide) groups is 1. The second-order valence-electron chi connectivity index (χ2n) is 8.67. The zero-order valence-electron chi connectivity index (χ0n) is 18.2. The summed E-state index contributed by atoms with van der Waals surface area (Å²) in [6, 6.07) is 11.0. The fourth-order valence-electron chi connectivity index (χ4n) is 4.89. The van der Waals surface area contributed by atoms with Crippen LogP contribution in [-0.4, -0.2) is 73.8 Å². The largest absolute Gasteiger partial charge is 0.379 e. The van der Waals surface area contributed by atoms with Gasteiger partial charge in [0.2, 0.25) is 0 Å². The van der Waals surface area contributed by atoms with Crippen LogP contribution >= 0.6 is 35.7 Å². The van der Waals surface area contributed by atoms with Crippen LogP contribution in [0.4, 0.5) is 0 Å². The Hall–Kier alpha value is -0.510. The smallest absolute Gasteiger partial charge is 0.191 e. The number of nitrogens with zero attached hydrogens (tertiary/aromatic N) is 2. The van der Waals surface area contributed by atoms with Crippen LogP contribution < -0.4 is 10.6 Å². The molecule has 3 aliphatic rings. The highest BCUT2D eigenvalue weighted by Crippen LogP contribution is 2.43. The lowest BCUT2D eigenvalue weighted by molar-refractivity contribution is -0.0104. The molecule has 1 saturated carbocycles. The van der Waals surface area contributed by atoms with Crippen molar-refractivity contribution < 1.29 is 4.74 Å². The van der Waals surface area contributed by atoms with Gasteiger partial charge in [-0.2, -0.15) is 11.8 Å². The molecule has 2 saturated heterocycles. The minimum absolute atomic E-state index is 0. The fraction of sp³-hybridized carbons (Fsp3) is 0.696. The van der Waals surface area contributed by atoms with Crippen LogP contribution in [0.5, 0.6) is 0 Å². The summed E-state index contributed by atoms with van der Waals surface area (Å²) in [5.74, 6) is 3.40. The first-order chi connectivity index (χ1) is 14.3. The molecule has 1 aliphatic carbocycles. The molecule has 7 heteroatoms. The number of guanidine groups is 1. The molecule has 5 nitrogen and oxygen atoms in total. The highest BCUT2D eigenvalue weighted by molar-refractivity contribution is 14.0. The van der Waals surface area contributed by atoms with Gasteiger partial charge in [0.05, 0.1) is 25.3 Å². The zero-order chi connectivity index (χ0) is 20.0. The molecule has 0 bridgehead atoms. The molecule has 1 unspecified atom stereocenters. The van der Waals surface area contributed by atoms with Gasteiger partial charge in [0.25, 0.3) is 0 Å². The molecule has 2 aliphatic heterocycles. The standard InChI is InChI=1S/C23H36N4OS.HI/c1-2-24-21(25-17-22(9-6-10-22)20-7-4-3-5-8-20)26-18-23(11-16-29-19-23)27-12-14-28-15-13-27;/h3-5,7-8H,2,6,9-19H2,1H3,(H2,24,25,26);1H. The first-order valence-electron chi connectivity index (χ1n) is 11.2. The van der Waals surface area contributed by atoms with E-state index in [1.165, 1.54) is 42.8 Å². The normalized spacial score (nSPS) is 26.5. The van der Waals surface area contributed by atoms with Gasteiger partial charge in [0.15, 0.2) is 5.96 Å². The molecule has 0 aromatic heterocycles. The predicted octanol–water partition coefficient (Wildman–Crippen LogP) is 3.49. The van der Waals surface area contributed by atoms with E-state index in [0.717, 1.165) is 51.9 Å². The van der Waals surface area contributed by atoms with Gasteiger partial charge in [-0.05, 0) is 37.5 Å². The number of aliphatic imine (C=N–C) groups is 1. The molecule has 30 heavy (non-hydrogen) atoms. The van der Waals surface area contributed by atoms with Crippen LogP contribution in [0.15, 0.2) is 35.3 Å². The third-order valence-corrected chi connectivity index (χ3v) is 8.17. The minimum Gasteiger partial charge on any atom is -0.379 e. The Morgan fingerprint density at radius 3 is 2.50 bits per heavy atom. The van der Waals surface area contributed by atoms with Gasteiger partial charge < -0.3 is 15.4 Å². The van der Waals surface area contributed by atoms with Gasteiger partial charge in [0, 0.05) is 37.3 Å². The van der Waals surface area contributed by atoms with E-state index in [-0.39, 0.29) is 34.9 Å². The van der Waals surface area contributed by atoms with Crippen LogP contribution in [0.1, 0.15) is 38.2 Å². The summed E-state index contributed by atoms with van der Waals surface area (Å²) in [6.45, 7) is 8.66. The summed E-state index contributed by atoms with van der Waals surface area (Å²) in [5.41, 5.74) is 1.93. The van der Waals surface area contributed by atoms with Crippen LogP contribution in [0, 0.1) is 0 Å². The van der Waals surface area contributed by atoms with Crippen molar-refractivity contribution in [3.63, 3.8) is 0 Å². The maximum atomic E-state index is 5.60. The Balaban J connectivity index is 0.00000256. The van der Waals surface area contributed by atoms with Gasteiger partial charge >= 0.3 is 0 Å². The molecular formula is C23H37IN4OS. The molecule has 1 aromatic rings. The van der Waals surface area contributed by atoms with Crippen LogP contribution in [-0.2, 0) is 10.2 Å². The number of hydrogen-bond donors (Lipinski definition) is 2. The Labute approximate surface area is 203 Å². The number of benzene rings is 1. The molecule has 2 N–H and O–H groups in total. The molecule has 168 valence electrons. The second kappa shape index (κ2) is 11.4. The lowest BCUT2D eigenvalue weighted by Crippen LogP contribution is -2.56. The highest BCUT2D eigenvalue weighted by Gasteiger charge is 2.41. The Kier molecular flexibility index (Phi) is 9.16. The lowest BCUT2D eigenvalue weighted by atomic mass is 9.64. The number of nitrogens with one attached hydrogen (secondary N) is 2. The molecule has 0 radical (unpaired) electrons. The quantitative estimate of drug-likeness (QED) is 0.313. The maximum Gasteiger partial charge on any atom is 0.191 e. The molecular weight excluding hydrogens is 507 g/mol. The summed E-state index contributed by atoms with van der Waals surface area (Å²) in [5, 5.41) is 7.18. The van der Waals surface area contributed by atoms with E-state index in [0.29, 0.717) is 0 Å². The number of morpholine rings is 1. The molecule has 0 spiro atoms. The first-order valence-corrected chi connectivity index (χ1v) is 12.4. The van der Waals surface area contributed by atoms with Crippen molar-refractivity contribution >= 4 is 41.7 Å². The van der Waals surface area contributed by atoms with E-state index in [2.05, 4.69) is 64.6 Å². The summed E-state index contributed by atoms with van der Waals surface area (Å²) in [7, 11) is 0. The molecule has 2 heterocycles. The molecule has 4 rings (SSSR count). The van der Waals surface area contributed by atoms with E-state index < -0.39 is 0 Å². The minimum atomic E-state index is 0. The van der Waals surface area contributed by atoms with E-state index in [4.69, 9.17) is 9.73 Å². The molecule has 1 atom stereocenters. The van der Waals surface area contributed by atoms with Crippen LogP contribution in [0.2, 0.25) is 0 Å². The van der Waals surface area contributed by atoms with Crippen molar-refractivity contribution in [2.45, 2.75) is 43.6 Å². The summed E-state index contributed by atoms with van der Waals surface area (Å²) in [4.78, 5) is 7.74. The van der Waals surface area contributed by atoms with E-state index >= 15 is 0 Å². The third kappa shape index (κ3) is 5.45. The van der Waals surface area contributed by atoms with Gasteiger partial charge in [-0.1, -0.05) is 36.8 Å².